The number of hydrogen-bond donors (Lipinski definition) is 2. The van der Waals surface area contributed by atoms with Gasteiger partial charge in [0.2, 0.25) is 10.0 Å². The first-order valence-corrected chi connectivity index (χ1v) is 7.13. The van der Waals surface area contributed by atoms with Crippen molar-refractivity contribution >= 4 is 10.0 Å². The number of nitrogens with zero attached hydrogens (tertiary/aromatic N) is 2. The van der Waals surface area contributed by atoms with E-state index in [0.29, 0.717) is 6.54 Å². The average molecular weight is 261 g/mol. The van der Waals surface area contributed by atoms with Gasteiger partial charge in [0.1, 0.15) is 4.90 Å². The van der Waals surface area contributed by atoms with Gasteiger partial charge >= 0.3 is 0 Å². The zero-order valence-corrected chi connectivity index (χ0v) is 10.9. The summed E-state index contributed by atoms with van der Waals surface area (Å²) >= 11 is 0. The normalized spacial score (nSPS) is 13.8. The fourth-order valence-electron chi connectivity index (χ4n) is 1.53. The molecule has 0 aliphatic rings. The lowest BCUT2D eigenvalue weighted by molar-refractivity contribution is 0.269. The van der Waals surface area contributed by atoms with Crippen LogP contribution in [0.4, 0.5) is 0 Å². The zero-order chi connectivity index (χ0) is 12.9. The van der Waals surface area contributed by atoms with Gasteiger partial charge in [-0.2, -0.15) is 5.10 Å². The predicted molar refractivity (Wildman–Crippen MR) is 64.0 cm³/mol. The van der Waals surface area contributed by atoms with Gasteiger partial charge in [-0.25, -0.2) is 13.1 Å². The summed E-state index contributed by atoms with van der Waals surface area (Å²) in [5.74, 6) is 0. The zero-order valence-electron chi connectivity index (χ0n) is 10.1. The Balaban J connectivity index is 2.75. The quantitative estimate of drug-likeness (QED) is 0.741. The van der Waals surface area contributed by atoms with Crippen LogP contribution in [0.15, 0.2) is 17.3 Å². The molecule has 0 saturated carbocycles. The average Bonchev–Trinajstić information content (AvgIpc) is 2.67. The van der Waals surface area contributed by atoms with E-state index < -0.39 is 10.0 Å². The molecule has 0 aromatic carbocycles. The van der Waals surface area contributed by atoms with Crippen molar-refractivity contribution in [1.82, 2.24) is 14.5 Å². The van der Waals surface area contributed by atoms with Gasteiger partial charge in [-0.3, -0.25) is 4.68 Å². The topological polar surface area (TPSA) is 84.2 Å². The molecule has 0 fully saturated rings. The largest absolute Gasteiger partial charge is 0.394 e. The van der Waals surface area contributed by atoms with Crippen molar-refractivity contribution in [3.8, 4) is 0 Å². The first kappa shape index (κ1) is 14.1. The van der Waals surface area contributed by atoms with Gasteiger partial charge in [0.05, 0.1) is 19.3 Å². The van der Waals surface area contributed by atoms with Crippen LogP contribution < -0.4 is 4.72 Å². The first-order chi connectivity index (χ1) is 7.99. The van der Waals surface area contributed by atoms with Crippen LogP contribution in [0.5, 0.6) is 0 Å². The highest BCUT2D eigenvalue weighted by atomic mass is 32.2. The molecule has 1 heterocycles. The molecule has 17 heavy (non-hydrogen) atoms. The Morgan fingerprint density at radius 3 is 2.88 bits per heavy atom. The second kappa shape index (κ2) is 6.13. The molecule has 1 unspecified atom stereocenters. The molecular weight excluding hydrogens is 242 g/mol. The molecule has 0 aliphatic carbocycles. The van der Waals surface area contributed by atoms with Crippen LogP contribution in [0.3, 0.4) is 0 Å². The lowest BCUT2D eigenvalue weighted by Gasteiger charge is -2.11. The van der Waals surface area contributed by atoms with Crippen LogP contribution in [0.25, 0.3) is 0 Å². The van der Waals surface area contributed by atoms with Crippen LogP contribution >= 0.6 is 0 Å². The molecule has 1 aromatic heterocycles. The summed E-state index contributed by atoms with van der Waals surface area (Å²) in [5.41, 5.74) is 0. The lowest BCUT2D eigenvalue weighted by atomic mass is 10.2. The van der Waals surface area contributed by atoms with E-state index in [1.165, 1.54) is 17.1 Å². The summed E-state index contributed by atoms with van der Waals surface area (Å²) in [7, 11) is -3.49. The van der Waals surface area contributed by atoms with E-state index in [2.05, 4.69) is 9.82 Å². The van der Waals surface area contributed by atoms with Crippen molar-refractivity contribution in [2.24, 2.45) is 0 Å². The summed E-state index contributed by atoms with van der Waals surface area (Å²) in [6.45, 7) is 4.06. The number of aromatic nitrogens is 2. The second-order valence-corrected chi connectivity index (χ2v) is 5.69. The van der Waals surface area contributed by atoms with Crippen molar-refractivity contribution in [3.63, 3.8) is 0 Å². The van der Waals surface area contributed by atoms with Gasteiger partial charge < -0.3 is 5.11 Å². The molecule has 1 aromatic rings. The third kappa shape index (κ3) is 4.10. The van der Waals surface area contributed by atoms with Crippen LogP contribution in [0, 0.1) is 0 Å². The van der Waals surface area contributed by atoms with Gasteiger partial charge in [0.15, 0.2) is 0 Å². The van der Waals surface area contributed by atoms with Gasteiger partial charge in [0, 0.05) is 12.2 Å². The highest BCUT2D eigenvalue weighted by Crippen LogP contribution is 2.09. The molecule has 0 bridgehead atoms. The fourth-order valence-corrected chi connectivity index (χ4v) is 2.76. The Kier molecular flexibility index (Phi) is 5.10. The first-order valence-electron chi connectivity index (χ1n) is 5.65. The Labute approximate surface area is 102 Å². The van der Waals surface area contributed by atoms with Crippen LogP contribution in [0.1, 0.15) is 26.7 Å². The minimum atomic E-state index is -3.49. The molecule has 0 spiro atoms. The van der Waals surface area contributed by atoms with E-state index in [4.69, 9.17) is 5.11 Å². The number of rotatable bonds is 7. The van der Waals surface area contributed by atoms with Crippen LogP contribution in [-0.4, -0.2) is 36.0 Å². The van der Waals surface area contributed by atoms with Crippen molar-refractivity contribution < 1.29 is 13.5 Å². The maximum absolute atomic E-state index is 11.9. The molecule has 0 saturated heterocycles. The minimum absolute atomic E-state index is 0.0686. The molecule has 2 N–H and O–H groups in total. The van der Waals surface area contributed by atoms with E-state index >= 15 is 0 Å². The van der Waals surface area contributed by atoms with E-state index in [1.807, 2.05) is 13.8 Å². The van der Waals surface area contributed by atoms with E-state index in [1.54, 1.807) is 0 Å². The molecule has 6 nitrogen and oxygen atoms in total. The molecule has 0 aliphatic heterocycles. The molecule has 98 valence electrons. The minimum Gasteiger partial charge on any atom is -0.394 e. The SMILES string of the molecule is CCCC(C)NS(=O)(=O)c1cnn(CCO)c1. The molecule has 7 heteroatoms. The molecule has 0 amide bonds. The Morgan fingerprint density at radius 2 is 2.29 bits per heavy atom. The van der Waals surface area contributed by atoms with Crippen molar-refractivity contribution in [3.05, 3.63) is 12.4 Å². The number of nitrogens with one attached hydrogen (secondary N) is 1. The molecular formula is C10H19N3O3S. The van der Waals surface area contributed by atoms with E-state index in [0.717, 1.165) is 12.8 Å². The Bertz CT molecular complexity index is 441. The standard InChI is InChI=1S/C10H19N3O3S/c1-3-4-9(2)12-17(15,16)10-7-11-13(8-10)5-6-14/h7-9,12,14H,3-6H2,1-2H3. The second-order valence-electron chi connectivity index (χ2n) is 3.97. The fraction of sp³-hybridized carbons (Fsp3) is 0.700. The number of aliphatic hydroxyl groups is 1. The summed E-state index contributed by atoms with van der Waals surface area (Å²) in [4.78, 5) is 0.133. The Morgan fingerprint density at radius 1 is 1.59 bits per heavy atom. The van der Waals surface area contributed by atoms with Gasteiger partial charge in [0.25, 0.3) is 0 Å². The maximum atomic E-state index is 11.9. The summed E-state index contributed by atoms with van der Waals surface area (Å²) in [6.07, 6.45) is 4.42. The number of hydrogen-bond acceptors (Lipinski definition) is 4. The Hall–Kier alpha value is -0.920. The molecule has 1 rings (SSSR count). The maximum Gasteiger partial charge on any atom is 0.243 e. The predicted octanol–water partition coefficient (Wildman–Crippen LogP) is 0.342. The van der Waals surface area contributed by atoms with Crippen LogP contribution in [-0.2, 0) is 16.6 Å². The van der Waals surface area contributed by atoms with Gasteiger partial charge in [-0.05, 0) is 13.3 Å². The highest BCUT2D eigenvalue weighted by molar-refractivity contribution is 7.89. The smallest absolute Gasteiger partial charge is 0.243 e. The monoisotopic (exact) mass is 261 g/mol. The van der Waals surface area contributed by atoms with Gasteiger partial charge in [-0.15, -0.1) is 0 Å². The lowest BCUT2D eigenvalue weighted by Crippen LogP contribution is -2.32. The van der Waals surface area contributed by atoms with Gasteiger partial charge in [-0.1, -0.05) is 13.3 Å². The number of sulfonamides is 1. The summed E-state index contributed by atoms with van der Waals surface area (Å²) in [5, 5.41) is 12.6. The molecule has 0 radical (unpaired) electrons. The van der Waals surface area contributed by atoms with E-state index in [-0.39, 0.29) is 17.5 Å². The molecule has 1 atom stereocenters. The summed E-state index contributed by atoms with van der Waals surface area (Å²) < 4.78 is 27.8. The van der Waals surface area contributed by atoms with E-state index in [9.17, 15) is 8.42 Å². The van der Waals surface area contributed by atoms with Crippen LogP contribution in [0.2, 0.25) is 0 Å². The highest BCUT2D eigenvalue weighted by Gasteiger charge is 2.18. The third-order valence-electron chi connectivity index (χ3n) is 2.33. The number of aliphatic hydroxyl groups excluding tert-OH is 1. The summed E-state index contributed by atoms with van der Waals surface area (Å²) in [6, 6.07) is -0.0915. The van der Waals surface area contributed by atoms with Crippen molar-refractivity contribution in [2.75, 3.05) is 6.61 Å². The third-order valence-corrected chi connectivity index (χ3v) is 3.87. The van der Waals surface area contributed by atoms with Crippen molar-refractivity contribution in [2.45, 2.75) is 44.2 Å². The van der Waals surface area contributed by atoms with Crippen molar-refractivity contribution in [1.29, 1.82) is 0 Å².